The molecule has 0 N–H and O–H groups in total. The Bertz CT molecular complexity index is 1130. The summed E-state index contributed by atoms with van der Waals surface area (Å²) in [5, 5.41) is 0. The SMILES string of the molecule is COc1ccc(CN(CC[C@@H](c2ccco2)c2ccccc2OC)C(=O)c2ccco2)cc1. The van der Waals surface area contributed by atoms with Crippen molar-refractivity contribution in [2.45, 2.75) is 18.9 Å². The molecule has 2 aromatic heterocycles. The van der Waals surface area contributed by atoms with E-state index in [2.05, 4.69) is 0 Å². The summed E-state index contributed by atoms with van der Waals surface area (Å²) in [6.45, 7) is 0.940. The van der Waals surface area contributed by atoms with Gasteiger partial charge < -0.3 is 23.2 Å². The van der Waals surface area contributed by atoms with Gasteiger partial charge in [-0.15, -0.1) is 0 Å². The summed E-state index contributed by atoms with van der Waals surface area (Å²) in [7, 11) is 3.29. The Balaban J connectivity index is 1.60. The van der Waals surface area contributed by atoms with Gasteiger partial charge in [0.15, 0.2) is 5.76 Å². The second-order valence-electron chi connectivity index (χ2n) is 7.65. The lowest BCUT2D eigenvalue weighted by Gasteiger charge is -2.25. The van der Waals surface area contributed by atoms with Crippen LogP contribution in [0.5, 0.6) is 11.5 Å². The predicted molar refractivity (Wildman–Crippen MR) is 125 cm³/mol. The third-order valence-electron chi connectivity index (χ3n) is 5.64. The Morgan fingerprint density at radius 1 is 0.879 bits per heavy atom. The van der Waals surface area contributed by atoms with Gasteiger partial charge in [0.25, 0.3) is 5.91 Å². The van der Waals surface area contributed by atoms with Crippen LogP contribution in [-0.4, -0.2) is 31.6 Å². The zero-order valence-corrected chi connectivity index (χ0v) is 18.8. The monoisotopic (exact) mass is 445 g/mol. The highest BCUT2D eigenvalue weighted by molar-refractivity contribution is 5.91. The van der Waals surface area contributed by atoms with Gasteiger partial charge in [-0.25, -0.2) is 0 Å². The highest BCUT2D eigenvalue weighted by Crippen LogP contribution is 2.35. The molecule has 170 valence electrons. The summed E-state index contributed by atoms with van der Waals surface area (Å²) in [6, 6.07) is 22.9. The maximum atomic E-state index is 13.3. The molecular weight excluding hydrogens is 418 g/mol. The molecular formula is C27H27NO5. The van der Waals surface area contributed by atoms with Crippen LogP contribution in [0.25, 0.3) is 0 Å². The number of carbonyl (C=O) groups is 1. The number of furan rings is 2. The van der Waals surface area contributed by atoms with E-state index in [1.807, 2.05) is 60.7 Å². The molecule has 0 spiro atoms. The number of methoxy groups -OCH3 is 2. The van der Waals surface area contributed by atoms with E-state index in [0.717, 1.165) is 28.4 Å². The third kappa shape index (κ3) is 5.29. The largest absolute Gasteiger partial charge is 0.497 e. The maximum Gasteiger partial charge on any atom is 0.289 e. The van der Waals surface area contributed by atoms with E-state index in [4.69, 9.17) is 18.3 Å². The van der Waals surface area contributed by atoms with Gasteiger partial charge in [-0.05, 0) is 54.4 Å². The molecule has 0 bridgehead atoms. The van der Waals surface area contributed by atoms with Gasteiger partial charge in [-0.3, -0.25) is 4.79 Å². The zero-order chi connectivity index (χ0) is 23.0. The molecule has 6 heteroatoms. The number of benzene rings is 2. The molecule has 0 unspecified atom stereocenters. The minimum Gasteiger partial charge on any atom is -0.497 e. The Morgan fingerprint density at radius 2 is 1.64 bits per heavy atom. The number of ether oxygens (including phenoxy) is 2. The average molecular weight is 446 g/mol. The van der Waals surface area contributed by atoms with Crippen molar-refractivity contribution in [2.75, 3.05) is 20.8 Å². The van der Waals surface area contributed by atoms with Crippen molar-refractivity contribution in [3.05, 3.63) is 108 Å². The molecule has 0 saturated heterocycles. The number of hydrogen-bond acceptors (Lipinski definition) is 5. The van der Waals surface area contributed by atoms with Gasteiger partial charge in [0.05, 0.1) is 26.7 Å². The van der Waals surface area contributed by atoms with Gasteiger partial charge in [0, 0.05) is 24.6 Å². The van der Waals surface area contributed by atoms with Gasteiger partial charge in [-0.1, -0.05) is 30.3 Å². The summed E-state index contributed by atoms with van der Waals surface area (Å²) in [5.41, 5.74) is 2.02. The van der Waals surface area contributed by atoms with Gasteiger partial charge in [-0.2, -0.15) is 0 Å². The lowest BCUT2D eigenvalue weighted by atomic mass is 9.92. The Labute approximate surface area is 193 Å². The van der Waals surface area contributed by atoms with Gasteiger partial charge in [0.1, 0.15) is 17.3 Å². The van der Waals surface area contributed by atoms with Crippen molar-refractivity contribution in [2.24, 2.45) is 0 Å². The molecule has 0 aliphatic carbocycles. The average Bonchev–Trinajstić information content (AvgIpc) is 3.59. The topological polar surface area (TPSA) is 65.1 Å². The van der Waals surface area contributed by atoms with Crippen LogP contribution in [0.2, 0.25) is 0 Å². The molecule has 0 saturated carbocycles. The smallest absolute Gasteiger partial charge is 0.289 e. The van der Waals surface area contributed by atoms with E-state index in [1.54, 1.807) is 37.5 Å². The Hall–Kier alpha value is -3.93. The number of rotatable bonds is 10. The van der Waals surface area contributed by atoms with E-state index in [1.165, 1.54) is 6.26 Å². The lowest BCUT2D eigenvalue weighted by Crippen LogP contribution is -2.32. The number of para-hydroxylation sites is 1. The maximum absolute atomic E-state index is 13.3. The van der Waals surface area contributed by atoms with Crippen LogP contribution in [0.4, 0.5) is 0 Å². The fourth-order valence-electron chi connectivity index (χ4n) is 3.94. The lowest BCUT2D eigenvalue weighted by molar-refractivity contribution is 0.0706. The van der Waals surface area contributed by atoms with Crippen molar-refractivity contribution >= 4 is 5.91 Å². The highest BCUT2D eigenvalue weighted by atomic mass is 16.5. The highest BCUT2D eigenvalue weighted by Gasteiger charge is 2.25. The van der Waals surface area contributed by atoms with E-state index in [-0.39, 0.29) is 11.8 Å². The van der Waals surface area contributed by atoms with E-state index < -0.39 is 0 Å². The van der Waals surface area contributed by atoms with Crippen LogP contribution in [0.3, 0.4) is 0 Å². The minimum atomic E-state index is -0.158. The number of amides is 1. The van der Waals surface area contributed by atoms with Crippen molar-refractivity contribution in [1.29, 1.82) is 0 Å². The van der Waals surface area contributed by atoms with E-state index in [0.29, 0.717) is 25.3 Å². The number of carbonyl (C=O) groups excluding carboxylic acids is 1. The first kappa shape index (κ1) is 22.3. The van der Waals surface area contributed by atoms with Crippen molar-refractivity contribution in [3.8, 4) is 11.5 Å². The van der Waals surface area contributed by atoms with Crippen LogP contribution in [-0.2, 0) is 6.54 Å². The normalized spacial score (nSPS) is 11.7. The van der Waals surface area contributed by atoms with Crippen molar-refractivity contribution in [3.63, 3.8) is 0 Å². The molecule has 2 aromatic carbocycles. The molecule has 0 aliphatic heterocycles. The van der Waals surface area contributed by atoms with Gasteiger partial charge in [0.2, 0.25) is 0 Å². The Kier molecular flexibility index (Phi) is 7.15. The molecule has 0 fully saturated rings. The van der Waals surface area contributed by atoms with Crippen LogP contribution < -0.4 is 9.47 Å². The summed E-state index contributed by atoms with van der Waals surface area (Å²) < 4.78 is 22.0. The second-order valence-corrected chi connectivity index (χ2v) is 7.65. The van der Waals surface area contributed by atoms with Crippen molar-refractivity contribution in [1.82, 2.24) is 4.90 Å². The molecule has 0 aliphatic rings. The fraction of sp³-hybridized carbons (Fsp3) is 0.222. The summed E-state index contributed by atoms with van der Waals surface area (Å²) in [4.78, 5) is 15.0. The molecule has 0 radical (unpaired) electrons. The van der Waals surface area contributed by atoms with E-state index in [9.17, 15) is 4.79 Å². The number of nitrogens with zero attached hydrogens (tertiary/aromatic N) is 1. The second kappa shape index (κ2) is 10.6. The Morgan fingerprint density at radius 3 is 2.30 bits per heavy atom. The first-order valence-corrected chi connectivity index (χ1v) is 10.8. The first-order chi connectivity index (χ1) is 16.2. The standard InChI is InChI=1S/C27H27NO5/c1-30-21-13-11-20(12-14-21)19-28(27(29)26-10-6-18-33-26)16-15-23(25-9-5-17-32-25)22-7-3-4-8-24(22)31-2/h3-14,17-18,23H,15-16,19H2,1-2H3/t23-/m1/s1. The number of hydrogen-bond donors (Lipinski definition) is 0. The quantitative estimate of drug-likeness (QED) is 0.311. The van der Waals surface area contributed by atoms with Crippen LogP contribution in [0.1, 0.15) is 39.8 Å². The molecule has 4 rings (SSSR count). The third-order valence-corrected chi connectivity index (χ3v) is 5.64. The molecule has 1 amide bonds. The van der Waals surface area contributed by atoms with Gasteiger partial charge >= 0.3 is 0 Å². The van der Waals surface area contributed by atoms with Crippen LogP contribution in [0.15, 0.2) is 94.2 Å². The zero-order valence-electron chi connectivity index (χ0n) is 18.8. The molecule has 1 atom stereocenters. The molecule has 2 heterocycles. The molecule has 33 heavy (non-hydrogen) atoms. The molecule has 4 aromatic rings. The summed E-state index contributed by atoms with van der Waals surface area (Å²) in [5.74, 6) is 2.48. The van der Waals surface area contributed by atoms with Crippen LogP contribution >= 0.6 is 0 Å². The minimum absolute atomic E-state index is 0.0704. The molecule has 6 nitrogen and oxygen atoms in total. The van der Waals surface area contributed by atoms with Crippen LogP contribution in [0, 0.1) is 0 Å². The first-order valence-electron chi connectivity index (χ1n) is 10.8. The van der Waals surface area contributed by atoms with E-state index >= 15 is 0 Å². The summed E-state index contributed by atoms with van der Waals surface area (Å²) >= 11 is 0. The van der Waals surface area contributed by atoms with Crippen molar-refractivity contribution < 1.29 is 23.1 Å². The predicted octanol–water partition coefficient (Wildman–Crippen LogP) is 5.75. The summed E-state index contributed by atoms with van der Waals surface area (Å²) in [6.07, 6.45) is 3.83. The fourth-order valence-corrected chi connectivity index (χ4v) is 3.94.